The minimum atomic E-state index is 0.797. The summed E-state index contributed by atoms with van der Waals surface area (Å²) in [7, 11) is 1.94. The maximum atomic E-state index is 6.18. The highest BCUT2D eigenvalue weighted by atomic mass is 127. The van der Waals surface area contributed by atoms with Gasteiger partial charge in [0.2, 0.25) is 0 Å². The zero-order valence-electron chi connectivity index (χ0n) is 8.48. The van der Waals surface area contributed by atoms with E-state index in [1.807, 2.05) is 11.7 Å². The van der Waals surface area contributed by atoms with Crippen molar-refractivity contribution in [3.05, 3.63) is 16.4 Å². The van der Waals surface area contributed by atoms with Crippen molar-refractivity contribution in [2.75, 3.05) is 11.0 Å². The van der Waals surface area contributed by atoms with E-state index < -0.39 is 0 Å². The zero-order chi connectivity index (χ0) is 10.6. The van der Waals surface area contributed by atoms with Crippen LogP contribution in [0.2, 0.25) is 5.02 Å². The SMILES string of the molecule is CCc1nn(C)c(CNCCI)c1Cl. The van der Waals surface area contributed by atoms with Gasteiger partial charge in [-0.2, -0.15) is 5.10 Å². The highest BCUT2D eigenvalue weighted by Gasteiger charge is 2.11. The summed E-state index contributed by atoms with van der Waals surface area (Å²) in [5, 5.41) is 8.48. The van der Waals surface area contributed by atoms with E-state index in [1.165, 1.54) is 0 Å². The third-order valence-corrected chi connectivity index (χ3v) is 3.04. The molecule has 0 aliphatic heterocycles. The first-order valence-corrected chi connectivity index (χ1v) is 6.58. The van der Waals surface area contributed by atoms with Crippen molar-refractivity contribution in [3.8, 4) is 0 Å². The summed E-state index contributed by atoms with van der Waals surface area (Å²) in [5.74, 6) is 0. The van der Waals surface area contributed by atoms with Crippen molar-refractivity contribution in [1.82, 2.24) is 15.1 Å². The molecule has 1 heterocycles. The van der Waals surface area contributed by atoms with Gasteiger partial charge < -0.3 is 5.32 Å². The normalized spacial score (nSPS) is 10.9. The molecule has 0 saturated heterocycles. The summed E-state index contributed by atoms with van der Waals surface area (Å²) < 4.78 is 2.97. The van der Waals surface area contributed by atoms with Gasteiger partial charge in [0, 0.05) is 24.6 Å². The molecular weight excluding hydrogens is 312 g/mol. The topological polar surface area (TPSA) is 29.9 Å². The van der Waals surface area contributed by atoms with Crippen LogP contribution in [0.1, 0.15) is 18.3 Å². The fourth-order valence-corrected chi connectivity index (χ4v) is 2.03. The molecule has 1 N–H and O–H groups in total. The molecule has 0 spiro atoms. The van der Waals surface area contributed by atoms with Crippen molar-refractivity contribution in [1.29, 1.82) is 0 Å². The van der Waals surface area contributed by atoms with Crippen LogP contribution < -0.4 is 5.32 Å². The first kappa shape index (κ1) is 12.3. The molecule has 1 rings (SSSR count). The van der Waals surface area contributed by atoms with E-state index in [9.17, 15) is 0 Å². The highest BCUT2D eigenvalue weighted by molar-refractivity contribution is 14.1. The van der Waals surface area contributed by atoms with E-state index in [0.29, 0.717) is 0 Å². The van der Waals surface area contributed by atoms with E-state index >= 15 is 0 Å². The molecule has 3 nitrogen and oxygen atoms in total. The number of aryl methyl sites for hydroxylation is 2. The largest absolute Gasteiger partial charge is 0.310 e. The predicted octanol–water partition coefficient (Wildman–Crippen LogP) is 2.16. The molecular formula is C9H15ClIN3. The Morgan fingerprint density at radius 1 is 1.57 bits per heavy atom. The molecule has 0 atom stereocenters. The standard InChI is InChI=1S/C9H15ClIN3/c1-3-7-9(10)8(14(2)13-7)6-12-5-4-11/h12H,3-6H2,1-2H3. The second-order valence-electron chi connectivity index (χ2n) is 3.05. The van der Waals surface area contributed by atoms with Crippen LogP contribution in [-0.4, -0.2) is 20.8 Å². The number of hydrogen-bond acceptors (Lipinski definition) is 2. The molecule has 5 heteroatoms. The number of nitrogens with zero attached hydrogens (tertiary/aromatic N) is 2. The third kappa shape index (κ3) is 2.84. The Morgan fingerprint density at radius 2 is 2.29 bits per heavy atom. The number of aromatic nitrogens is 2. The van der Waals surface area contributed by atoms with Crippen LogP contribution in [0.5, 0.6) is 0 Å². The molecule has 0 saturated carbocycles. The van der Waals surface area contributed by atoms with E-state index in [1.54, 1.807) is 0 Å². The summed E-state index contributed by atoms with van der Waals surface area (Å²) >= 11 is 8.53. The van der Waals surface area contributed by atoms with Gasteiger partial charge in [-0.15, -0.1) is 0 Å². The van der Waals surface area contributed by atoms with Gasteiger partial charge in [0.25, 0.3) is 0 Å². The smallest absolute Gasteiger partial charge is 0.0863 e. The molecule has 0 radical (unpaired) electrons. The Kier molecular flexibility index (Phi) is 5.19. The molecule has 14 heavy (non-hydrogen) atoms. The predicted molar refractivity (Wildman–Crippen MR) is 68.2 cm³/mol. The average Bonchev–Trinajstić information content (AvgIpc) is 2.45. The Labute approximate surface area is 103 Å². The Balaban J connectivity index is 2.70. The van der Waals surface area contributed by atoms with Crippen LogP contribution in [0.4, 0.5) is 0 Å². The van der Waals surface area contributed by atoms with Crippen molar-refractivity contribution in [2.45, 2.75) is 19.9 Å². The molecule has 0 fully saturated rings. The van der Waals surface area contributed by atoms with Crippen molar-refractivity contribution in [3.63, 3.8) is 0 Å². The molecule has 0 aliphatic rings. The van der Waals surface area contributed by atoms with Gasteiger partial charge in [0.15, 0.2) is 0 Å². The second-order valence-corrected chi connectivity index (χ2v) is 4.51. The first-order valence-electron chi connectivity index (χ1n) is 4.67. The maximum absolute atomic E-state index is 6.18. The molecule has 0 aromatic carbocycles. The lowest BCUT2D eigenvalue weighted by Gasteiger charge is -2.03. The van der Waals surface area contributed by atoms with Gasteiger partial charge in [0.05, 0.1) is 16.4 Å². The first-order chi connectivity index (χ1) is 6.70. The number of hydrogen-bond donors (Lipinski definition) is 1. The van der Waals surface area contributed by atoms with Crippen LogP contribution in [-0.2, 0) is 20.0 Å². The molecule has 0 aliphatic carbocycles. The van der Waals surface area contributed by atoms with Crippen LogP contribution in [0.25, 0.3) is 0 Å². The highest BCUT2D eigenvalue weighted by Crippen LogP contribution is 2.20. The van der Waals surface area contributed by atoms with E-state index in [4.69, 9.17) is 11.6 Å². The minimum Gasteiger partial charge on any atom is -0.310 e. The Morgan fingerprint density at radius 3 is 2.79 bits per heavy atom. The summed E-state index contributed by atoms with van der Waals surface area (Å²) in [5.41, 5.74) is 2.06. The molecule has 0 unspecified atom stereocenters. The quantitative estimate of drug-likeness (QED) is 0.510. The van der Waals surface area contributed by atoms with Gasteiger partial charge in [-0.1, -0.05) is 41.1 Å². The molecule has 1 aromatic rings. The molecule has 0 bridgehead atoms. The van der Waals surface area contributed by atoms with E-state index in [0.717, 1.165) is 40.3 Å². The second kappa shape index (κ2) is 5.92. The van der Waals surface area contributed by atoms with Gasteiger partial charge in [0.1, 0.15) is 0 Å². The number of nitrogens with one attached hydrogen (secondary N) is 1. The fourth-order valence-electron chi connectivity index (χ4n) is 1.29. The van der Waals surface area contributed by atoms with Crippen LogP contribution in [0, 0.1) is 0 Å². The number of alkyl halides is 1. The Hall–Kier alpha value is 0.190. The Bertz CT molecular complexity index is 298. The van der Waals surface area contributed by atoms with Gasteiger partial charge in [-0.25, -0.2) is 0 Å². The molecule has 0 amide bonds. The van der Waals surface area contributed by atoms with Gasteiger partial charge >= 0.3 is 0 Å². The molecule has 1 aromatic heterocycles. The summed E-state index contributed by atoms with van der Waals surface area (Å²) in [6, 6.07) is 0. The van der Waals surface area contributed by atoms with Gasteiger partial charge in [-0.05, 0) is 6.42 Å². The lowest BCUT2D eigenvalue weighted by molar-refractivity contribution is 0.642. The van der Waals surface area contributed by atoms with Crippen molar-refractivity contribution in [2.24, 2.45) is 7.05 Å². The number of halogens is 2. The van der Waals surface area contributed by atoms with E-state index in [-0.39, 0.29) is 0 Å². The minimum absolute atomic E-state index is 0.797. The summed E-state index contributed by atoms with van der Waals surface area (Å²) in [6.45, 7) is 3.87. The fraction of sp³-hybridized carbons (Fsp3) is 0.667. The third-order valence-electron chi connectivity index (χ3n) is 2.07. The summed E-state index contributed by atoms with van der Waals surface area (Å²) in [4.78, 5) is 0. The summed E-state index contributed by atoms with van der Waals surface area (Å²) in [6.07, 6.45) is 0.888. The van der Waals surface area contributed by atoms with Crippen LogP contribution in [0.3, 0.4) is 0 Å². The average molecular weight is 328 g/mol. The maximum Gasteiger partial charge on any atom is 0.0863 e. The lowest BCUT2D eigenvalue weighted by Crippen LogP contribution is -2.17. The van der Waals surface area contributed by atoms with Crippen molar-refractivity contribution >= 4 is 34.2 Å². The van der Waals surface area contributed by atoms with Crippen molar-refractivity contribution < 1.29 is 0 Å². The van der Waals surface area contributed by atoms with Crippen LogP contribution in [0.15, 0.2) is 0 Å². The molecule has 80 valence electrons. The lowest BCUT2D eigenvalue weighted by atomic mass is 10.3. The van der Waals surface area contributed by atoms with E-state index in [2.05, 4.69) is 39.9 Å². The van der Waals surface area contributed by atoms with Gasteiger partial charge in [-0.3, -0.25) is 4.68 Å². The number of rotatable bonds is 5. The zero-order valence-corrected chi connectivity index (χ0v) is 11.4. The monoisotopic (exact) mass is 327 g/mol. The van der Waals surface area contributed by atoms with Crippen LogP contribution >= 0.6 is 34.2 Å².